The van der Waals surface area contributed by atoms with Crippen molar-refractivity contribution >= 4 is 69.5 Å². The molecule has 3 aromatic heterocycles. The molecule has 6 aromatic rings. The van der Waals surface area contributed by atoms with Gasteiger partial charge in [0.25, 0.3) is 11.8 Å². The summed E-state index contributed by atoms with van der Waals surface area (Å²) >= 11 is 0. The third-order valence-corrected chi connectivity index (χ3v) is 12.7. The summed E-state index contributed by atoms with van der Waals surface area (Å²) in [5, 5.41) is 21.1. The molecule has 20 heteroatoms. The van der Waals surface area contributed by atoms with E-state index in [1.807, 2.05) is 52.9 Å². The highest BCUT2D eigenvalue weighted by molar-refractivity contribution is 6.23. The minimum absolute atomic E-state index is 0.0256. The summed E-state index contributed by atoms with van der Waals surface area (Å²) < 4.78 is 29.9. The Balaban J connectivity index is 0.739. The molecule has 10 rings (SSSR count). The summed E-state index contributed by atoms with van der Waals surface area (Å²) in [6.45, 7) is 5.77. The van der Waals surface area contributed by atoms with Gasteiger partial charge in [-0.1, -0.05) is 18.2 Å². The number of halogens is 2. The van der Waals surface area contributed by atoms with Crippen LogP contribution in [0.25, 0.3) is 11.0 Å². The first-order valence-electron chi connectivity index (χ1n) is 21.9. The minimum atomic E-state index is -1.01. The van der Waals surface area contributed by atoms with Gasteiger partial charge in [0.1, 0.15) is 23.5 Å². The number of benzene rings is 3. The fourth-order valence-electron chi connectivity index (χ4n) is 9.16. The van der Waals surface area contributed by atoms with Gasteiger partial charge in [0.05, 0.1) is 35.2 Å². The molecule has 18 nitrogen and oxygen atoms in total. The summed E-state index contributed by atoms with van der Waals surface area (Å²) in [4.78, 5) is 81.0. The minimum Gasteiger partial charge on any atom is -0.368 e. The predicted molar refractivity (Wildman–Crippen MR) is 238 cm³/mol. The molecule has 3 saturated heterocycles. The number of anilines is 5. The molecule has 1 unspecified atom stereocenters. The van der Waals surface area contributed by atoms with Crippen LogP contribution in [0.5, 0.6) is 0 Å². The topological polar surface area (TPSA) is 207 Å². The number of amides is 5. The van der Waals surface area contributed by atoms with E-state index in [9.17, 15) is 32.8 Å². The second-order valence-corrected chi connectivity index (χ2v) is 17.0. The van der Waals surface area contributed by atoms with E-state index >= 15 is 0 Å². The number of hydrogen-bond donors (Lipinski definition) is 4. The van der Waals surface area contributed by atoms with Gasteiger partial charge in [-0.25, -0.2) is 13.5 Å². The van der Waals surface area contributed by atoms with Crippen LogP contribution in [0, 0.1) is 18.6 Å². The number of nitrogens with zero attached hydrogens (tertiary/aromatic N) is 9. The zero-order valence-electron chi connectivity index (χ0n) is 35.9. The molecule has 1 atom stereocenters. The Bertz CT molecular complexity index is 2900. The van der Waals surface area contributed by atoms with Gasteiger partial charge in [0, 0.05) is 87.0 Å². The van der Waals surface area contributed by atoms with Gasteiger partial charge in [0.2, 0.25) is 23.7 Å². The number of imide groups is 2. The molecular formula is C46H45F2N13O5. The molecule has 0 saturated carbocycles. The van der Waals surface area contributed by atoms with Crippen LogP contribution in [0.2, 0.25) is 0 Å². The first kappa shape index (κ1) is 42.2. The van der Waals surface area contributed by atoms with Crippen LogP contribution >= 0.6 is 0 Å². The fraction of sp³-hybridized carbons (Fsp3) is 0.326. The molecule has 7 heterocycles. The first-order chi connectivity index (χ1) is 31.9. The number of aromatic nitrogens is 6. The number of rotatable bonds is 11. The maximum atomic E-state index is 14.5. The molecule has 66 heavy (non-hydrogen) atoms. The van der Waals surface area contributed by atoms with Gasteiger partial charge in [-0.15, -0.1) is 0 Å². The molecule has 0 aliphatic carbocycles. The second-order valence-electron chi connectivity index (χ2n) is 17.0. The van der Waals surface area contributed by atoms with Crippen molar-refractivity contribution in [3.63, 3.8) is 0 Å². The lowest BCUT2D eigenvalue weighted by atomic mass is 10.0. The summed E-state index contributed by atoms with van der Waals surface area (Å²) in [6, 6.07) is 17.4. The number of carbonyl (C=O) groups excluding carboxylic acids is 5. The first-order valence-corrected chi connectivity index (χ1v) is 21.9. The van der Waals surface area contributed by atoms with Crippen molar-refractivity contribution in [1.82, 2.24) is 45.1 Å². The molecule has 3 fully saturated rings. The van der Waals surface area contributed by atoms with E-state index in [4.69, 9.17) is 10.1 Å². The number of piperazine rings is 1. The summed E-state index contributed by atoms with van der Waals surface area (Å²) in [7, 11) is 0. The number of hydrogen-bond acceptors (Lipinski definition) is 13. The molecule has 4 aliphatic rings. The molecule has 0 bridgehead atoms. The van der Waals surface area contributed by atoms with E-state index in [0.717, 1.165) is 33.6 Å². The largest absolute Gasteiger partial charge is 0.368 e. The van der Waals surface area contributed by atoms with Crippen LogP contribution in [0.4, 0.5) is 37.7 Å². The number of aromatic amines is 1. The Labute approximate surface area is 376 Å². The Morgan fingerprint density at radius 3 is 2.26 bits per heavy atom. The average Bonchev–Trinajstić information content (AvgIpc) is 4.01. The second kappa shape index (κ2) is 17.3. The van der Waals surface area contributed by atoms with E-state index in [2.05, 4.69) is 40.9 Å². The van der Waals surface area contributed by atoms with Crippen LogP contribution < -0.4 is 25.8 Å². The molecule has 5 amide bonds. The number of nitrogens with one attached hydrogen (secondary N) is 4. The smallest absolute Gasteiger partial charge is 0.262 e. The van der Waals surface area contributed by atoms with Crippen molar-refractivity contribution < 1.29 is 32.8 Å². The Morgan fingerprint density at radius 1 is 0.818 bits per heavy atom. The van der Waals surface area contributed by atoms with Crippen LogP contribution in [0.1, 0.15) is 69.3 Å². The quantitative estimate of drug-likeness (QED) is 0.131. The van der Waals surface area contributed by atoms with E-state index in [1.165, 1.54) is 12.1 Å². The summed E-state index contributed by atoms with van der Waals surface area (Å²) in [5.41, 5.74) is 4.95. The van der Waals surface area contributed by atoms with Gasteiger partial charge in [-0.2, -0.15) is 20.2 Å². The fourth-order valence-corrected chi connectivity index (χ4v) is 9.16. The van der Waals surface area contributed by atoms with E-state index in [-0.39, 0.29) is 60.4 Å². The van der Waals surface area contributed by atoms with E-state index in [0.29, 0.717) is 74.8 Å². The normalized spacial score (nSPS) is 18.0. The monoisotopic (exact) mass is 897 g/mol. The van der Waals surface area contributed by atoms with Gasteiger partial charge in [-0.3, -0.25) is 39.3 Å². The molecule has 0 spiro atoms. The molecular weight excluding hydrogens is 853 g/mol. The van der Waals surface area contributed by atoms with Crippen molar-refractivity contribution in [1.29, 1.82) is 0 Å². The standard InChI is InChI=1S/C46H45F2N13O5/c1-26-20-38(56-55-26)51-41-35-25-50-61(42(35)54-46(53-41)49-24-28-4-5-29(47)22-36(28)48)31-12-14-59(15-13-31)40(63)21-27-2-6-30(7-3-27)57-16-18-58(19-17-57)32-8-9-33-34(23-32)45(66)60(44(33)65)37-10-11-39(62)52-43(37)64/h2-9,20,22-23,25,31,37H,10-19,21,24H2,1H3,(H,52,62,64)(H3,49,51,53,54,55,56). The third-order valence-electron chi connectivity index (χ3n) is 12.7. The lowest BCUT2D eigenvalue weighted by molar-refractivity contribution is -0.136. The molecule has 4 N–H and O–H groups in total. The highest BCUT2D eigenvalue weighted by Crippen LogP contribution is 2.33. The van der Waals surface area contributed by atoms with Gasteiger partial charge in [0.15, 0.2) is 11.5 Å². The highest BCUT2D eigenvalue weighted by Gasteiger charge is 2.45. The number of carbonyl (C=O) groups is 5. The molecule has 0 radical (unpaired) electrons. The SMILES string of the molecule is Cc1cc(Nc2nc(NCc3ccc(F)cc3F)nc3c2cnn3C2CCN(C(=O)Cc3ccc(N4CCN(c5ccc6c(c5)C(=O)N(C5CCC(=O)NC5=O)C6=O)CC4)cc3)CC2)n[nH]1. The number of piperidine rings is 2. The number of fused-ring (bicyclic) bond motifs is 2. The van der Waals surface area contributed by atoms with E-state index < -0.39 is 41.3 Å². The van der Waals surface area contributed by atoms with Crippen molar-refractivity contribution in [2.24, 2.45) is 0 Å². The molecule has 3 aromatic carbocycles. The van der Waals surface area contributed by atoms with Crippen LogP contribution in [-0.4, -0.2) is 115 Å². The lowest BCUT2D eigenvalue weighted by Gasteiger charge is -2.37. The van der Waals surface area contributed by atoms with Gasteiger partial charge < -0.3 is 25.3 Å². The van der Waals surface area contributed by atoms with Crippen molar-refractivity contribution in [2.45, 2.75) is 57.7 Å². The van der Waals surface area contributed by atoms with Crippen LogP contribution in [0.3, 0.4) is 0 Å². The lowest BCUT2D eigenvalue weighted by Crippen LogP contribution is -2.54. The number of likely N-dealkylation sites (tertiary alicyclic amines) is 1. The van der Waals surface area contributed by atoms with Crippen molar-refractivity contribution in [3.05, 3.63) is 113 Å². The van der Waals surface area contributed by atoms with Gasteiger partial charge >= 0.3 is 0 Å². The predicted octanol–water partition coefficient (Wildman–Crippen LogP) is 4.63. The van der Waals surface area contributed by atoms with Crippen LogP contribution in [0.15, 0.2) is 72.9 Å². The Hall–Kier alpha value is -7.77. The maximum Gasteiger partial charge on any atom is 0.262 e. The zero-order valence-corrected chi connectivity index (χ0v) is 35.9. The average molecular weight is 898 g/mol. The number of H-pyrrole nitrogens is 1. The van der Waals surface area contributed by atoms with E-state index in [1.54, 1.807) is 18.3 Å². The summed E-state index contributed by atoms with van der Waals surface area (Å²) in [5.74, 6) is -2.17. The third kappa shape index (κ3) is 8.25. The van der Waals surface area contributed by atoms with Crippen LogP contribution in [-0.2, 0) is 27.3 Å². The molecule has 4 aliphatic heterocycles. The Morgan fingerprint density at radius 2 is 1.55 bits per heavy atom. The maximum absolute atomic E-state index is 14.5. The van der Waals surface area contributed by atoms with Crippen molar-refractivity contribution in [2.75, 3.05) is 59.7 Å². The Kier molecular flexibility index (Phi) is 11.1. The zero-order chi connectivity index (χ0) is 45.6. The highest BCUT2D eigenvalue weighted by atomic mass is 19.1. The number of aryl methyl sites for hydroxylation is 1. The summed E-state index contributed by atoms with van der Waals surface area (Å²) in [6.07, 6.45) is 3.45. The van der Waals surface area contributed by atoms with Gasteiger partial charge in [-0.05, 0) is 68.1 Å². The molecule has 338 valence electrons. The van der Waals surface area contributed by atoms with Crippen molar-refractivity contribution in [3.8, 4) is 0 Å².